The fraction of sp³-hybridized carbons (Fsp3) is 0.235. The number of aromatic nitrogens is 1. The summed E-state index contributed by atoms with van der Waals surface area (Å²) in [5.74, 6) is -0.809. The van der Waals surface area contributed by atoms with Crippen molar-refractivity contribution in [2.45, 2.75) is 17.9 Å². The number of nitrogens with one attached hydrogen (secondary N) is 2. The van der Waals surface area contributed by atoms with E-state index in [9.17, 15) is 18.0 Å². The molecule has 9 nitrogen and oxygen atoms in total. The standard InChI is InChI=1S/C17H18ClN3O6S/c1-11(21-28(24,25)14-6-4-13(26-2)5-7-14)17(23)27-10-16(22)20-15-8-3-12(18)9-19-15/h3-9,11,21H,10H2,1-2H3,(H,19,20,22)/t11-/m0/s1. The lowest BCUT2D eigenvalue weighted by molar-refractivity contribution is -0.148. The van der Waals surface area contributed by atoms with Gasteiger partial charge in [0.2, 0.25) is 10.0 Å². The summed E-state index contributed by atoms with van der Waals surface area (Å²) in [5, 5.41) is 2.82. The molecule has 0 radical (unpaired) electrons. The third kappa shape index (κ3) is 6.19. The third-order valence-corrected chi connectivity index (χ3v) is 5.18. The van der Waals surface area contributed by atoms with Gasteiger partial charge in [-0.1, -0.05) is 11.6 Å². The number of hydrogen-bond donors (Lipinski definition) is 2. The van der Waals surface area contributed by atoms with E-state index in [1.165, 1.54) is 56.6 Å². The van der Waals surface area contributed by atoms with E-state index in [2.05, 4.69) is 15.0 Å². The first-order chi connectivity index (χ1) is 13.2. The van der Waals surface area contributed by atoms with Crippen LogP contribution in [-0.4, -0.2) is 45.0 Å². The van der Waals surface area contributed by atoms with Crippen molar-refractivity contribution in [1.29, 1.82) is 0 Å². The van der Waals surface area contributed by atoms with Gasteiger partial charge in [0.1, 0.15) is 17.6 Å². The molecule has 1 amide bonds. The van der Waals surface area contributed by atoms with Gasteiger partial charge in [0.25, 0.3) is 5.91 Å². The first kappa shape index (κ1) is 21.6. The number of nitrogens with zero attached hydrogens (tertiary/aromatic N) is 1. The molecule has 1 atom stereocenters. The molecule has 0 aliphatic rings. The van der Waals surface area contributed by atoms with Crippen molar-refractivity contribution in [3.8, 4) is 5.75 Å². The lowest BCUT2D eigenvalue weighted by Gasteiger charge is -2.14. The molecule has 0 spiro atoms. The lowest BCUT2D eigenvalue weighted by atomic mass is 10.3. The summed E-state index contributed by atoms with van der Waals surface area (Å²) in [6.07, 6.45) is 1.35. The van der Waals surface area contributed by atoms with Crippen LogP contribution in [0, 0.1) is 0 Å². The highest BCUT2D eigenvalue weighted by Gasteiger charge is 2.23. The van der Waals surface area contributed by atoms with Gasteiger partial charge in [0, 0.05) is 6.20 Å². The Morgan fingerprint density at radius 2 is 1.86 bits per heavy atom. The van der Waals surface area contributed by atoms with Crippen LogP contribution in [0.2, 0.25) is 5.02 Å². The van der Waals surface area contributed by atoms with E-state index >= 15 is 0 Å². The van der Waals surface area contributed by atoms with Gasteiger partial charge in [-0.2, -0.15) is 4.72 Å². The van der Waals surface area contributed by atoms with Gasteiger partial charge in [0.15, 0.2) is 6.61 Å². The second kappa shape index (κ2) is 9.49. The Balaban J connectivity index is 1.87. The van der Waals surface area contributed by atoms with Crippen LogP contribution in [0.25, 0.3) is 0 Å². The highest BCUT2D eigenvalue weighted by molar-refractivity contribution is 7.89. The van der Waals surface area contributed by atoms with Crippen LogP contribution >= 0.6 is 11.6 Å². The normalized spacial score (nSPS) is 12.1. The number of esters is 1. The quantitative estimate of drug-likeness (QED) is 0.613. The van der Waals surface area contributed by atoms with Crippen molar-refractivity contribution in [2.24, 2.45) is 0 Å². The predicted molar refractivity (Wildman–Crippen MR) is 102 cm³/mol. The van der Waals surface area contributed by atoms with Crippen LogP contribution in [0.1, 0.15) is 6.92 Å². The monoisotopic (exact) mass is 427 g/mol. The fourth-order valence-electron chi connectivity index (χ4n) is 1.99. The molecule has 0 fully saturated rings. The summed E-state index contributed by atoms with van der Waals surface area (Å²) in [4.78, 5) is 27.6. The molecule has 2 rings (SSSR count). The van der Waals surface area contributed by atoms with Gasteiger partial charge in [0.05, 0.1) is 17.0 Å². The molecule has 11 heteroatoms. The maximum atomic E-state index is 12.3. The molecule has 28 heavy (non-hydrogen) atoms. The number of ether oxygens (including phenoxy) is 2. The molecule has 1 heterocycles. The number of hydrogen-bond acceptors (Lipinski definition) is 7. The van der Waals surface area contributed by atoms with Crippen molar-refractivity contribution >= 4 is 39.3 Å². The second-order valence-electron chi connectivity index (χ2n) is 5.54. The number of pyridine rings is 1. The van der Waals surface area contributed by atoms with Crippen molar-refractivity contribution in [2.75, 3.05) is 19.0 Å². The zero-order valence-corrected chi connectivity index (χ0v) is 16.6. The smallest absolute Gasteiger partial charge is 0.324 e. The van der Waals surface area contributed by atoms with E-state index < -0.39 is 34.5 Å². The zero-order valence-electron chi connectivity index (χ0n) is 15.0. The Morgan fingerprint density at radius 3 is 2.43 bits per heavy atom. The molecule has 0 aliphatic carbocycles. The van der Waals surface area contributed by atoms with Crippen molar-refractivity contribution < 1.29 is 27.5 Å². The number of carbonyl (C=O) groups excluding carboxylic acids is 2. The summed E-state index contributed by atoms with van der Waals surface area (Å²) in [6, 6.07) is 7.45. The maximum Gasteiger partial charge on any atom is 0.324 e. The summed E-state index contributed by atoms with van der Waals surface area (Å²) < 4.78 is 36.6. The predicted octanol–water partition coefficient (Wildman–Crippen LogP) is 1.59. The second-order valence-corrected chi connectivity index (χ2v) is 7.69. The molecule has 1 aromatic heterocycles. The number of benzene rings is 1. The first-order valence-electron chi connectivity index (χ1n) is 7.95. The Labute approximate surface area is 167 Å². The summed E-state index contributed by atoms with van der Waals surface area (Å²) in [5.41, 5.74) is 0. The van der Waals surface area contributed by atoms with Crippen molar-refractivity contribution in [3.05, 3.63) is 47.6 Å². The Kier molecular flexibility index (Phi) is 7.32. The summed E-state index contributed by atoms with van der Waals surface area (Å²) in [6.45, 7) is 0.708. The molecule has 0 unspecified atom stereocenters. The van der Waals surface area contributed by atoms with Gasteiger partial charge in [-0.25, -0.2) is 13.4 Å². The minimum Gasteiger partial charge on any atom is -0.497 e. The van der Waals surface area contributed by atoms with Gasteiger partial charge in [-0.05, 0) is 43.3 Å². The number of halogens is 1. The largest absolute Gasteiger partial charge is 0.497 e. The fourth-order valence-corrected chi connectivity index (χ4v) is 3.30. The molecule has 0 bridgehead atoms. The Morgan fingerprint density at radius 1 is 1.18 bits per heavy atom. The van der Waals surface area contributed by atoms with Crippen LogP contribution in [-0.2, 0) is 24.3 Å². The molecular weight excluding hydrogens is 410 g/mol. The molecule has 0 saturated heterocycles. The molecule has 150 valence electrons. The van der Waals surface area contributed by atoms with E-state index in [0.717, 1.165) is 0 Å². The number of carbonyl (C=O) groups is 2. The van der Waals surface area contributed by atoms with Crippen LogP contribution in [0.15, 0.2) is 47.5 Å². The average molecular weight is 428 g/mol. The minimum atomic E-state index is -3.95. The Hall–Kier alpha value is -2.69. The number of sulfonamides is 1. The van der Waals surface area contributed by atoms with Crippen molar-refractivity contribution in [3.63, 3.8) is 0 Å². The van der Waals surface area contributed by atoms with E-state index in [1.807, 2.05) is 0 Å². The van der Waals surface area contributed by atoms with Gasteiger partial charge < -0.3 is 14.8 Å². The highest BCUT2D eigenvalue weighted by atomic mass is 35.5. The molecule has 2 aromatic rings. The number of rotatable bonds is 8. The Bertz CT molecular complexity index is 932. The minimum absolute atomic E-state index is 0.0421. The number of anilines is 1. The van der Waals surface area contributed by atoms with E-state index in [0.29, 0.717) is 10.8 Å². The van der Waals surface area contributed by atoms with Crippen LogP contribution < -0.4 is 14.8 Å². The lowest BCUT2D eigenvalue weighted by Crippen LogP contribution is -2.40. The van der Waals surface area contributed by atoms with Gasteiger partial charge >= 0.3 is 5.97 Å². The topological polar surface area (TPSA) is 124 Å². The molecule has 0 saturated carbocycles. The van der Waals surface area contributed by atoms with E-state index in [1.54, 1.807) is 0 Å². The summed E-state index contributed by atoms with van der Waals surface area (Å²) >= 11 is 5.69. The molecule has 2 N–H and O–H groups in total. The van der Waals surface area contributed by atoms with Gasteiger partial charge in [-0.15, -0.1) is 0 Å². The van der Waals surface area contributed by atoms with Gasteiger partial charge in [-0.3, -0.25) is 9.59 Å². The van der Waals surface area contributed by atoms with Crippen LogP contribution in [0.4, 0.5) is 5.82 Å². The van der Waals surface area contributed by atoms with Crippen LogP contribution in [0.3, 0.4) is 0 Å². The van der Waals surface area contributed by atoms with Crippen molar-refractivity contribution in [1.82, 2.24) is 9.71 Å². The third-order valence-electron chi connectivity index (χ3n) is 3.40. The van der Waals surface area contributed by atoms with Crippen LogP contribution in [0.5, 0.6) is 5.75 Å². The average Bonchev–Trinajstić information content (AvgIpc) is 2.67. The number of methoxy groups -OCH3 is 1. The SMILES string of the molecule is COc1ccc(S(=O)(=O)N[C@@H](C)C(=O)OCC(=O)Nc2ccc(Cl)cn2)cc1. The van der Waals surface area contributed by atoms with E-state index in [-0.39, 0.29) is 10.7 Å². The van der Waals surface area contributed by atoms with E-state index in [4.69, 9.17) is 21.1 Å². The molecule has 1 aromatic carbocycles. The highest BCUT2D eigenvalue weighted by Crippen LogP contribution is 2.15. The summed E-state index contributed by atoms with van der Waals surface area (Å²) in [7, 11) is -2.49. The zero-order chi connectivity index (χ0) is 20.7. The number of amides is 1. The molecular formula is C17H18ClN3O6S. The molecule has 0 aliphatic heterocycles. The maximum absolute atomic E-state index is 12.3. The first-order valence-corrected chi connectivity index (χ1v) is 9.82.